The number of hydrogen-bond donors (Lipinski definition) is 1. The Morgan fingerprint density at radius 3 is 2.76 bits per heavy atom. The summed E-state index contributed by atoms with van der Waals surface area (Å²) < 4.78 is 9.90. The van der Waals surface area contributed by atoms with Crippen molar-refractivity contribution in [2.24, 2.45) is 0 Å². The van der Waals surface area contributed by atoms with E-state index < -0.39 is 11.6 Å². The number of ether oxygens (including phenoxy) is 1. The van der Waals surface area contributed by atoms with E-state index in [1.807, 2.05) is 0 Å². The van der Waals surface area contributed by atoms with Crippen LogP contribution in [0.1, 0.15) is 31.3 Å². The summed E-state index contributed by atoms with van der Waals surface area (Å²) in [5, 5.41) is 13.6. The fourth-order valence-corrected chi connectivity index (χ4v) is 1.22. The molecule has 0 bridgehead atoms. The lowest BCUT2D eigenvalue weighted by molar-refractivity contribution is 0.00637. The molecule has 90 valence electrons. The van der Waals surface area contributed by atoms with Gasteiger partial charge in [-0.3, -0.25) is 0 Å². The summed E-state index contributed by atoms with van der Waals surface area (Å²) in [5.41, 5.74) is 0.463. The molecule has 2 rings (SSSR count). The molecule has 0 aliphatic carbocycles. The van der Waals surface area contributed by atoms with Gasteiger partial charge in [0.05, 0.1) is 11.8 Å². The molecule has 0 aliphatic heterocycles. The number of rotatable bonds is 2. The van der Waals surface area contributed by atoms with Gasteiger partial charge in [0.25, 0.3) is 0 Å². The van der Waals surface area contributed by atoms with Crippen LogP contribution in [0, 0.1) is 0 Å². The highest BCUT2D eigenvalue weighted by molar-refractivity contribution is 5.93. The van der Waals surface area contributed by atoms with Crippen molar-refractivity contribution in [3.05, 3.63) is 18.2 Å². The Kier molecular flexibility index (Phi) is 2.66. The number of hydrogen-bond acceptors (Lipinski definition) is 6. The Labute approximate surface area is 97.1 Å². The number of aromatic amines is 1. The standard InChI is InChI=1S/C10H12N4O3/c1-10(2,3)17-9(15)8-7(12-14-13-8)6-4-11-16-5-6/h4-5H,1-3H3,(H,12,13,14). The highest BCUT2D eigenvalue weighted by Gasteiger charge is 2.24. The van der Waals surface area contributed by atoms with E-state index in [-0.39, 0.29) is 5.69 Å². The van der Waals surface area contributed by atoms with Crippen molar-refractivity contribution < 1.29 is 14.1 Å². The van der Waals surface area contributed by atoms with Gasteiger partial charge in [0.2, 0.25) is 0 Å². The minimum atomic E-state index is -0.581. The Bertz CT molecular complexity index is 510. The maximum atomic E-state index is 11.8. The molecular formula is C10H12N4O3. The monoisotopic (exact) mass is 236 g/mol. The van der Waals surface area contributed by atoms with Crippen LogP contribution in [0.5, 0.6) is 0 Å². The Morgan fingerprint density at radius 1 is 1.41 bits per heavy atom. The molecular weight excluding hydrogens is 224 g/mol. The van der Waals surface area contributed by atoms with Gasteiger partial charge in [0.1, 0.15) is 17.6 Å². The zero-order chi connectivity index (χ0) is 12.5. The molecule has 0 amide bonds. The second kappa shape index (κ2) is 4.00. The zero-order valence-corrected chi connectivity index (χ0v) is 9.72. The van der Waals surface area contributed by atoms with Crippen molar-refractivity contribution in [1.82, 2.24) is 20.6 Å². The predicted molar refractivity (Wildman–Crippen MR) is 57.0 cm³/mol. The zero-order valence-electron chi connectivity index (χ0n) is 9.72. The van der Waals surface area contributed by atoms with Crippen LogP contribution in [0.3, 0.4) is 0 Å². The first-order valence-electron chi connectivity index (χ1n) is 5.01. The van der Waals surface area contributed by atoms with Gasteiger partial charge in [-0.1, -0.05) is 5.16 Å². The van der Waals surface area contributed by atoms with Gasteiger partial charge >= 0.3 is 5.97 Å². The second-order valence-corrected chi connectivity index (χ2v) is 4.44. The molecule has 2 heterocycles. The molecule has 7 nitrogen and oxygen atoms in total. The topological polar surface area (TPSA) is 93.9 Å². The minimum Gasteiger partial charge on any atom is -0.455 e. The molecule has 17 heavy (non-hydrogen) atoms. The van der Waals surface area contributed by atoms with Crippen molar-refractivity contribution >= 4 is 5.97 Å². The van der Waals surface area contributed by atoms with Crippen LogP contribution in [0.4, 0.5) is 0 Å². The fourth-order valence-electron chi connectivity index (χ4n) is 1.22. The van der Waals surface area contributed by atoms with E-state index in [1.165, 1.54) is 12.5 Å². The quantitative estimate of drug-likeness (QED) is 0.792. The van der Waals surface area contributed by atoms with Crippen LogP contribution in [0.15, 0.2) is 17.0 Å². The van der Waals surface area contributed by atoms with E-state index in [0.717, 1.165) is 0 Å². The fraction of sp³-hybridized carbons (Fsp3) is 0.400. The van der Waals surface area contributed by atoms with Gasteiger partial charge in [-0.2, -0.15) is 10.3 Å². The minimum absolute atomic E-state index is 0.114. The summed E-state index contributed by atoms with van der Waals surface area (Å²) in [5.74, 6) is -0.539. The molecule has 0 saturated heterocycles. The summed E-state index contributed by atoms with van der Waals surface area (Å²) in [4.78, 5) is 11.8. The Balaban J connectivity index is 2.29. The van der Waals surface area contributed by atoms with Crippen molar-refractivity contribution in [2.75, 3.05) is 0 Å². The third-order valence-electron chi connectivity index (χ3n) is 1.85. The third-order valence-corrected chi connectivity index (χ3v) is 1.85. The highest BCUT2D eigenvalue weighted by atomic mass is 16.6. The summed E-state index contributed by atoms with van der Waals surface area (Å²) in [6, 6.07) is 0. The molecule has 0 unspecified atom stereocenters. The second-order valence-electron chi connectivity index (χ2n) is 4.44. The molecule has 2 aromatic heterocycles. The number of nitrogens with one attached hydrogen (secondary N) is 1. The van der Waals surface area contributed by atoms with Gasteiger partial charge in [0.15, 0.2) is 5.69 Å². The first-order valence-corrected chi connectivity index (χ1v) is 5.01. The van der Waals surface area contributed by atoms with Crippen LogP contribution in [0.25, 0.3) is 11.3 Å². The van der Waals surface area contributed by atoms with E-state index in [0.29, 0.717) is 11.3 Å². The molecule has 0 atom stereocenters. The van der Waals surface area contributed by atoms with Crippen molar-refractivity contribution in [1.29, 1.82) is 0 Å². The van der Waals surface area contributed by atoms with E-state index in [2.05, 4.69) is 20.6 Å². The molecule has 0 spiro atoms. The van der Waals surface area contributed by atoms with Gasteiger partial charge < -0.3 is 9.26 Å². The first kappa shape index (κ1) is 11.3. The lowest BCUT2D eigenvalue weighted by Crippen LogP contribution is -2.24. The number of nitrogens with zero attached hydrogens (tertiary/aromatic N) is 3. The molecule has 1 N–H and O–H groups in total. The Morgan fingerprint density at radius 2 is 2.18 bits per heavy atom. The smallest absolute Gasteiger partial charge is 0.361 e. The van der Waals surface area contributed by atoms with E-state index >= 15 is 0 Å². The Hall–Kier alpha value is -2.18. The number of esters is 1. The summed E-state index contributed by atoms with van der Waals surface area (Å²) in [6.45, 7) is 5.35. The van der Waals surface area contributed by atoms with Crippen LogP contribution < -0.4 is 0 Å². The van der Waals surface area contributed by atoms with E-state index in [1.54, 1.807) is 20.8 Å². The maximum Gasteiger partial charge on any atom is 0.361 e. The maximum absolute atomic E-state index is 11.8. The van der Waals surface area contributed by atoms with Gasteiger partial charge in [0, 0.05) is 0 Å². The normalized spacial score (nSPS) is 11.5. The lowest BCUT2D eigenvalue weighted by Gasteiger charge is -2.18. The van der Waals surface area contributed by atoms with Crippen LogP contribution in [-0.4, -0.2) is 32.1 Å². The molecule has 0 saturated carbocycles. The predicted octanol–water partition coefficient (Wildman–Crippen LogP) is 1.41. The first-order chi connectivity index (χ1) is 7.97. The van der Waals surface area contributed by atoms with Crippen LogP contribution in [-0.2, 0) is 4.74 Å². The van der Waals surface area contributed by atoms with Crippen molar-refractivity contribution in [2.45, 2.75) is 26.4 Å². The highest BCUT2D eigenvalue weighted by Crippen LogP contribution is 2.20. The molecule has 0 aromatic carbocycles. The summed E-state index contributed by atoms with van der Waals surface area (Å²) >= 11 is 0. The van der Waals surface area contributed by atoms with Crippen molar-refractivity contribution in [3.8, 4) is 11.3 Å². The number of carbonyl (C=O) groups excluding carboxylic acids is 1. The largest absolute Gasteiger partial charge is 0.455 e. The number of aromatic nitrogens is 4. The SMILES string of the molecule is CC(C)(C)OC(=O)c1n[nH]nc1-c1cnoc1. The van der Waals surface area contributed by atoms with Crippen LogP contribution in [0.2, 0.25) is 0 Å². The summed E-state index contributed by atoms with van der Waals surface area (Å²) in [6.07, 6.45) is 2.83. The van der Waals surface area contributed by atoms with Crippen molar-refractivity contribution in [3.63, 3.8) is 0 Å². The number of H-pyrrole nitrogens is 1. The molecule has 7 heteroatoms. The van der Waals surface area contributed by atoms with Gasteiger partial charge in [-0.15, -0.1) is 5.10 Å². The molecule has 2 aromatic rings. The van der Waals surface area contributed by atoms with Gasteiger partial charge in [-0.05, 0) is 20.8 Å². The summed E-state index contributed by atoms with van der Waals surface area (Å²) in [7, 11) is 0. The molecule has 0 aliphatic rings. The van der Waals surface area contributed by atoms with Gasteiger partial charge in [-0.25, -0.2) is 4.79 Å². The molecule has 0 fully saturated rings. The lowest BCUT2D eigenvalue weighted by atomic mass is 10.2. The average Bonchev–Trinajstić information content (AvgIpc) is 2.85. The molecule has 0 radical (unpaired) electrons. The van der Waals surface area contributed by atoms with Crippen LogP contribution >= 0.6 is 0 Å². The van der Waals surface area contributed by atoms with E-state index in [4.69, 9.17) is 9.26 Å². The average molecular weight is 236 g/mol. The third kappa shape index (κ3) is 2.49. The van der Waals surface area contributed by atoms with E-state index in [9.17, 15) is 4.79 Å². The number of carbonyl (C=O) groups is 1.